The highest BCUT2D eigenvalue weighted by molar-refractivity contribution is 7.09. The van der Waals surface area contributed by atoms with Gasteiger partial charge in [0.2, 0.25) is 0 Å². The van der Waals surface area contributed by atoms with Crippen molar-refractivity contribution >= 4 is 11.3 Å². The molecule has 0 saturated carbocycles. The van der Waals surface area contributed by atoms with Crippen molar-refractivity contribution in [2.45, 2.75) is 19.4 Å². The molecule has 5 heteroatoms. The van der Waals surface area contributed by atoms with Gasteiger partial charge in [0, 0.05) is 37.0 Å². The molecule has 0 fully saturated rings. The van der Waals surface area contributed by atoms with E-state index in [0.717, 1.165) is 23.5 Å². The number of aromatic nitrogens is 2. The molecular weight excluding hydrogens is 234 g/mol. The average Bonchev–Trinajstić information content (AvgIpc) is 2.76. The van der Waals surface area contributed by atoms with Gasteiger partial charge >= 0.3 is 0 Å². The Morgan fingerprint density at radius 3 is 3.00 bits per heavy atom. The Morgan fingerprint density at radius 1 is 1.35 bits per heavy atom. The first kappa shape index (κ1) is 12.0. The van der Waals surface area contributed by atoms with Crippen molar-refractivity contribution in [1.29, 1.82) is 0 Å². The van der Waals surface area contributed by atoms with Gasteiger partial charge in [0.15, 0.2) is 0 Å². The van der Waals surface area contributed by atoms with Crippen LogP contribution in [0.4, 0.5) is 0 Å². The van der Waals surface area contributed by atoms with E-state index in [1.807, 2.05) is 11.4 Å². The molecule has 0 unspecified atom stereocenters. The second-order valence-electron chi connectivity index (χ2n) is 3.75. The van der Waals surface area contributed by atoms with Gasteiger partial charge in [-0.1, -0.05) is 6.07 Å². The standard InChI is InChI=1S/C12H15N3OS/c13-6-4-10-9-17-11(14-10)5-8-15-7-2-1-3-12(15)16/h1-3,7,9H,4-6,8,13H2. The van der Waals surface area contributed by atoms with Crippen LogP contribution in [0.25, 0.3) is 0 Å². The lowest BCUT2D eigenvalue weighted by Crippen LogP contribution is -2.18. The molecule has 0 bridgehead atoms. The lowest BCUT2D eigenvalue weighted by molar-refractivity contribution is 0.666. The maximum Gasteiger partial charge on any atom is 0.250 e. The highest BCUT2D eigenvalue weighted by Crippen LogP contribution is 2.11. The van der Waals surface area contributed by atoms with Crippen molar-refractivity contribution in [3.05, 3.63) is 50.8 Å². The van der Waals surface area contributed by atoms with E-state index in [0.29, 0.717) is 13.1 Å². The summed E-state index contributed by atoms with van der Waals surface area (Å²) in [5.74, 6) is 0. The van der Waals surface area contributed by atoms with Crippen LogP contribution in [-0.2, 0) is 19.4 Å². The van der Waals surface area contributed by atoms with Crippen LogP contribution in [0.2, 0.25) is 0 Å². The van der Waals surface area contributed by atoms with E-state index in [1.165, 1.54) is 0 Å². The number of rotatable bonds is 5. The molecule has 90 valence electrons. The number of nitrogens with two attached hydrogens (primary N) is 1. The van der Waals surface area contributed by atoms with Crippen molar-refractivity contribution in [3.63, 3.8) is 0 Å². The van der Waals surface area contributed by atoms with Crippen LogP contribution >= 0.6 is 11.3 Å². The Bertz CT molecular complexity index is 532. The summed E-state index contributed by atoms with van der Waals surface area (Å²) >= 11 is 1.63. The Hall–Kier alpha value is -1.46. The average molecular weight is 249 g/mol. The molecule has 2 aromatic heterocycles. The SMILES string of the molecule is NCCc1csc(CCn2ccccc2=O)n1. The third-order valence-corrected chi connectivity index (χ3v) is 3.42. The largest absolute Gasteiger partial charge is 0.330 e. The summed E-state index contributed by atoms with van der Waals surface area (Å²) in [6.07, 6.45) is 3.41. The summed E-state index contributed by atoms with van der Waals surface area (Å²) in [7, 11) is 0. The van der Waals surface area contributed by atoms with Crippen molar-refractivity contribution < 1.29 is 0 Å². The predicted octanol–water partition coefficient (Wildman–Crippen LogP) is 1.05. The maximum absolute atomic E-state index is 11.5. The number of hydrogen-bond acceptors (Lipinski definition) is 4. The second kappa shape index (κ2) is 5.75. The van der Waals surface area contributed by atoms with Gasteiger partial charge in [-0.15, -0.1) is 11.3 Å². The minimum atomic E-state index is 0.0336. The zero-order valence-corrected chi connectivity index (χ0v) is 10.3. The highest BCUT2D eigenvalue weighted by Gasteiger charge is 2.02. The van der Waals surface area contributed by atoms with Gasteiger partial charge in [0.05, 0.1) is 10.7 Å². The first-order valence-electron chi connectivity index (χ1n) is 5.58. The van der Waals surface area contributed by atoms with E-state index in [4.69, 9.17) is 5.73 Å². The van der Waals surface area contributed by atoms with Crippen molar-refractivity contribution in [2.24, 2.45) is 5.73 Å². The summed E-state index contributed by atoms with van der Waals surface area (Å²) in [5.41, 5.74) is 6.56. The van der Waals surface area contributed by atoms with Crippen LogP contribution < -0.4 is 11.3 Å². The summed E-state index contributed by atoms with van der Waals surface area (Å²) in [5, 5.41) is 3.10. The van der Waals surface area contributed by atoms with Crippen LogP contribution in [0.3, 0.4) is 0 Å². The summed E-state index contributed by atoms with van der Waals surface area (Å²) in [6.45, 7) is 1.30. The molecule has 0 spiro atoms. The Balaban J connectivity index is 1.98. The van der Waals surface area contributed by atoms with Crippen LogP contribution in [-0.4, -0.2) is 16.1 Å². The predicted molar refractivity (Wildman–Crippen MR) is 69.3 cm³/mol. The third kappa shape index (κ3) is 3.25. The molecule has 2 rings (SSSR count). The van der Waals surface area contributed by atoms with E-state index < -0.39 is 0 Å². The molecule has 2 heterocycles. The first-order chi connectivity index (χ1) is 8.29. The lowest BCUT2D eigenvalue weighted by atomic mass is 10.3. The zero-order chi connectivity index (χ0) is 12.1. The van der Waals surface area contributed by atoms with Gasteiger partial charge in [0.1, 0.15) is 0 Å². The van der Waals surface area contributed by atoms with Crippen LogP contribution in [0, 0.1) is 0 Å². The van der Waals surface area contributed by atoms with E-state index in [-0.39, 0.29) is 5.56 Å². The highest BCUT2D eigenvalue weighted by atomic mass is 32.1. The molecule has 0 aliphatic rings. The fraction of sp³-hybridized carbons (Fsp3) is 0.333. The van der Waals surface area contributed by atoms with E-state index in [9.17, 15) is 4.79 Å². The van der Waals surface area contributed by atoms with E-state index in [1.54, 1.807) is 34.2 Å². The van der Waals surface area contributed by atoms with E-state index >= 15 is 0 Å². The number of aryl methyl sites for hydroxylation is 2. The molecule has 0 aliphatic carbocycles. The van der Waals surface area contributed by atoms with Crippen LogP contribution in [0.1, 0.15) is 10.7 Å². The number of hydrogen-bond donors (Lipinski definition) is 1. The van der Waals surface area contributed by atoms with Gasteiger partial charge in [-0.25, -0.2) is 4.98 Å². The molecule has 2 N–H and O–H groups in total. The summed E-state index contributed by atoms with van der Waals surface area (Å²) in [4.78, 5) is 15.9. The molecule has 17 heavy (non-hydrogen) atoms. The monoisotopic (exact) mass is 249 g/mol. The maximum atomic E-state index is 11.5. The quantitative estimate of drug-likeness (QED) is 0.861. The normalized spacial score (nSPS) is 10.6. The summed E-state index contributed by atoms with van der Waals surface area (Å²) < 4.78 is 1.70. The first-order valence-corrected chi connectivity index (χ1v) is 6.46. The van der Waals surface area contributed by atoms with Gasteiger partial charge < -0.3 is 10.3 Å². The van der Waals surface area contributed by atoms with E-state index in [2.05, 4.69) is 4.98 Å². The molecule has 0 atom stereocenters. The fourth-order valence-electron chi connectivity index (χ4n) is 1.59. The molecule has 0 radical (unpaired) electrons. The van der Waals surface area contributed by atoms with Crippen molar-refractivity contribution in [3.8, 4) is 0 Å². The molecule has 0 aliphatic heterocycles. The van der Waals surface area contributed by atoms with Gasteiger partial charge in [-0.3, -0.25) is 4.79 Å². The summed E-state index contributed by atoms with van der Waals surface area (Å²) in [6, 6.07) is 5.19. The smallest absolute Gasteiger partial charge is 0.250 e. The van der Waals surface area contributed by atoms with Gasteiger partial charge in [-0.05, 0) is 12.6 Å². The molecule has 0 amide bonds. The third-order valence-electron chi connectivity index (χ3n) is 2.47. The lowest BCUT2D eigenvalue weighted by Gasteiger charge is -2.02. The molecular formula is C12H15N3OS. The van der Waals surface area contributed by atoms with Crippen molar-refractivity contribution in [1.82, 2.24) is 9.55 Å². The number of pyridine rings is 1. The topological polar surface area (TPSA) is 60.9 Å². The minimum absolute atomic E-state index is 0.0336. The number of thiazole rings is 1. The molecule has 0 aromatic carbocycles. The molecule has 0 saturated heterocycles. The Labute approximate surface area is 104 Å². The van der Waals surface area contributed by atoms with Gasteiger partial charge in [0.25, 0.3) is 5.56 Å². The minimum Gasteiger partial charge on any atom is -0.330 e. The molecule has 4 nitrogen and oxygen atoms in total. The van der Waals surface area contributed by atoms with Crippen LogP contribution in [0.15, 0.2) is 34.6 Å². The zero-order valence-electron chi connectivity index (χ0n) is 9.50. The molecule has 2 aromatic rings. The number of nitrogens with zero attached hydrogens (tertiary/aromatic N) is 2. The Kier molecular flexibility index (Phi) is 4.06. The second-order valence-corrected chi connectivity index (χ2v) is 4.70. The van der Waals surface area contributed by atoms with Crippen LogP contribution in [0.5, 0.6) is 0 Å². The van der Waals surface area contributed by atoms with Gasteiger partial charge in [-0.2, -0.15) is 0 Å². The van der Waals surface area contributed by atoms with Crippen molar-refractivity contribution in [2.75, 3.05) is 6.54 Å². The Morgan fingerprint density at radius 2 is 2.24 bits per heavy atom. The fourth-order valence-corrected chi connectivity index (χ4v) is 2.41.